The van der Waals surface area contributed by atoms with Crippen molar-refractivity contribution >= 4 is 11.8 Å². The zero-order valence-corrected chi connectivity index (χ0v) is 15.9. The van der Waals surface area contributed by atoms with Gasteiger partial charge in [0.2, 0.25) is 5.82 Å². The Morgan fingerprint density at radius 1 is 1.04 bits per heavy atom. The van der Waals surface area contributed by atoms with Gasteiger partial charge in [0.1, 0.15) is 0 Å². The number of nitrogens with one attached hydrogen (secondary N) is 1. The molecule has 0 amide bonds. The van der Waals surface area contributed by atoms with E-state index in [9.17, 15) is 0 Å². The van der Waals surface area contributed by atoms with Gasteiger partial charge in [-0.25, -0.2) is 4.57 Å². The van der Waals surface area contributed by atoms with E-state index in [0.29, 0.717) is 6.54 Å². The molecule has 0 radical (unpaired) electrons. The summed E-state index contributed by atoms with van der Waals surface area (Å²) >= 11 is 0. The van der Waals surface area contributed by atoms with Crippen molar-refractivity contribution in [3.8, 4) is 0 Å². The van der Waals surface area contributed by atoms with Crippen LogP contribution in [0.5, 0.6) is 0 Å². The number of aliphatic hydroxyl groups excluding tert-OH is 1. The van der Waals surface area contributed by atoms with Crippen LogP contribution in [0.3, 0.4) is 0 Å². The van der Waals surface area contributed by atoms with E-state index in [-0.39, 0.29) is 6.61 Å². The number of hydrogen-bond donors (Lipinski definition) is 2. The maximum absolute atomic E-state index is 9.02. The average Bonchev–Trinajstić information content (AvgIpc) is 2.60. The van der Waals surface area contributed by atoms with Gasteiger partial charge >= 0.3 is 5.95 Å². The maximum atomic E-state index is 9.02. The fourth-order valence-corrected chi connectivity index (χ4v) is 2.78. The Balaban J connectivity index is 2.71. The minimum Gasteiger partial charge on any atom is -0.393 e. The lowest BCUT2D eigenvalue weighted by molar-refractivity contribution is -0.659. The maximum Gasteiger partial charge on any atom is 0.393 e. The Morgan fingerprint density at radius 2 is 1.67 bits per heavy atom. The van der Waals surface area contributed by atoms with Gasteiger partial charge in [-0.3, -0.25) is 5.32 Å². The molecule has 0 bridgehead atoms. The van der Waals surface area contributed by atoms with Gasteiger partial charge in [-0.1, -0.05) is 57.4 Å². The van der Waals surface area contributed by atoms with Gasteiger partial charge in [-0.15, -0.1) is 0 Å². The first kappa shape index (κ1) is 20.7. The molecule has 138 valence electrons. The summed E-state index contributed by atoms with van der Waals surface area (Å²) in [6.45, 7) is 7.29. The van der Waals surface area contributed by atoms with E-state index in [0.717, 1.165) is 24.9 Å². The summed E-state index contributed by atoms with van der Waals surface area (Å²) < 4.78 is 1.96. The predicted molar refractivity (Wildman–Crippen MR) is 101 cm³/mol. The lowest BCUT2D eigenvalue weighted by Gasteiger charge is -2.22. The third-order valence-electron chi connectivity index (χ3n) is 4.28. The van der Waals surface area contributed by atoms with E-state index in [1.54, 1.807) is 0 Å². The summed E-state index contributed by atoms with van der Waals surface area (Å²) in [5.41, 5.74) is 0. The zero-order valence-electron chi connectivity index (χ0n) is 15.9. The van der Waals surface area contributed by atoms with E-state index >= 15 is 0 Å². The first-order valence-corrected chi connectivity index (χ1v) is 9.69. The number of aromatic nitrogens is 2. The summed E-state index contributed by atoms with van der Waals surface area (Å²) in [5, 5.41) is 12.2. The standard InChI is InChI=1S/C19H36N4O/c1-4-6-8-10-14-23(15-11-9-7-5-2)18-12-16-22(3)19(21-18)20-13-17-24/h12,16,24H,4-11,13-15,17H2,1-3H3/p+1. The van der Waals surface area contributed by atoms with E-state index in [2.05, 4.69) is 30.1 Å². The van der Waals surface area contributed by atoms with E-state index < -0.39 is 0 Å². The van der Waals surface area contributed by atoms with Gasteiger partial charge in [0.25, 0.3) is 0 Å². The summed E-state index contributed by atoms with van der Waals surface area (Å²) in [7, 11) is 1.98. The van der Waals surface area contributed by atoms with Crippen LogP contribution >= 0.6 is 0 Å². The van der Waals surface area contributed by atoms with Crippen molar-refractivity contribution < 1.29 is 9.67 Å². The fourth-order valence-electron chi connectivity index (χ4n) is 2.78. The molecule has 0 spiro atoms. The second-order valence-electron chi connectivity index (χ2n) is 6.48. The molecule has 0 aliphatic heterocycles. The number of hydrogen-bond acceptors (Lipinski definition) is 4. The van der Waals surface area contributed by atoms with Crippen LogP contribution in [0.1, 0.15) is 65.2 Å². The van der Waals surface area contributed by atoms with Crippen molar-refractivity contribution in [1.82, 2.24) is 4.98 Å². The molecule has 0 atom stereocenters. The van der Waals surface area contributed by atoms with Crippen molar-refractivity contribution in [3.63, 3.8) is 0 Å². The van der Waals surface area contributed by atoms with E-state index in [1.807, 2.05) is 17.8 Å². The molecule has 1 heterocycles. The van der Waals surface area contributed by atoms with Crippen LogP contribution in [0, 0.1) is 0 Å². The van der Waals surface area contributed by atoms with Gasteiger partial charge in [0.05, 0.1) is 26.4 Å². The first-order valence-electron chi connectivity index (χ1n) is 9.69. The topological polar surface area (TPSA) is 52.3 Å². The van der Waals surface area contributed by atoms with Crippen molar-refractivity contribution in [1.29, 1.82) is 0 Å². The molecule has 0 aromatic carbocycles. The Bertz CT molecular complexity index is 427. The number of aliphatic hydroxyl groups is 1. The molecule has 1 rings (SSSR count). The number of anilines is 2. The second-order valence-corrected chi connectivity index (χ2v) is 6.48. The van der Waals surface area contributed by atoms with Crippen LogP contribution in [-0.2, 0) is 7.05 Å². The number of nitrogens with zero attached hydrogens (tertiary/aromatic N) is 3. The number of rotatable bonds is 14. The molecule has 0 saturated carbocycles. The lowest BCUT2D eigenvalue weighted by Crippen LogP contribution is -2.36. The van der Waals surface area contributed by atoms with Crippen molar-refractivity contribution in [3.05, 3.63) is 12.3 Å². The third kappa shape index (κ3) is 7.95. The van der Waals surface area contributed by atoms with Crippen molar-refractivity contribution in [2.45, 2.75) is 65.2 Å². The van der Waals surface area contributed by atoms with Crippen LogP contribution in [0.15, 0.2) is 12.3 Å². The number of unbranched alkanes of at least 4 members (excludes halogenated alkanes) is 6. The predicted octanol–water partition coefficient (Wildman–Crippen LogP) is 3.28. The molecule has 5 heteroatoms. The van der Waals surface area contributed by atoms with Gasteiger partial charge in [0, 0.05) is 19.2 Å². The molecule has 5 nitrogen and oxygen atoms in total. The Labute approximate surface area is 148 Å². The van der Waals surface area contributed by atoms with Gasteiger partial charge in [-0.05, 0) is 12.8 Å². The highest BCUT2D eigenvalue weighted by molar-refractivity contribution is 5.40. The quantitative estimate of drug-likeness (QED) is 0.404. The summed E-state index contributed by atoms with van der Waals surface area (Å²) in [4.78, 5) is 7.20. The molecule has 0 aliphatic carbocycles. The largest absolute Gasteiger partial charge is 0.393 e. The van der Waals surface area contributed by atoms with Crippen LogP contribution in [-0.4, -0.2) is 36.3 Å². The first-order chi connectivity index (χ1) is 11.7. The smallest absolute Gasteiger partial charge is 0.393 e. The van der Waals surface area contributed by atoms with E-state index in [1.165, 1.54) is 51.4 Å². The molecule has 0 saturated heterocycles. The average molecular weight is 338 g/mol. The monoisotopic (exact) mass is 337 g/mol. The highest BCUT2D eigenvalue weighted by atomic mass is 16.3. The SMILES string of the molecule is CCCCCCN(CCCCCC)c1cc[n+](C)c(NCCO)n1. The minimum atomic E-state index is 0.115. The minimum absolute atomic E-state index is 0.115. The highest BCUT2D eigenvalue weighted by Crippen LogP contribution is 2.15. The van der Waals surface area contributed by atoms with Crippen LogP contribution in [0.25, 0.3) is 0 Å². The summed E-state index contributed by atoms with van der Waals surface area (Å²) in [5.74, 6) is 1.86. The molecule has 1 aromatic heterocycles. The molecule has 24 heavy (non-hydrogen) atoms. The van der Waals surface area contributed by atoms with Crippen LogP contribution in [0.2, 0.25) is 0 Å². The third-order valence-corrected chi connectivity index (χ3v) is 4.28. The number of aryl methyl sites for hydroxylation is 1. The Morgan fingerprint density at radius 3 is 2.21 bits per heavy atom. The molecular formula is C19H37N4O+. The molecule has 0 aliphatic rings. The summed E-state index contributed by atoms with van der Waals surface area (Å²) in [6, 6.07) is 2.10. The van der Waals surface area contributed by atoms with Crippen molar-refractivity contribution in [2.75, 3.05) is 36.5 Å². The Kier molecular flexibility index (Phi) is 11.2. The van der Waals surface area contributed by atoms with Crippen LogP contribution in [0.4, 0.5) is 11.8 Å². The molecule has 1 aromatic rings. The second kappa shape index (κ2) is 13.0. The van der Waals surface area contributed by atoms with Gasteiger partial charge in [0.15, 0.2) is 0 Å². The van der Waals surface area contributed by atoms with Gasteiger partial charge < -0.3 is 10.0 Å². The normalized spacial score (nSPS) is 10.8. The molecule has 0 unspecified atom stereocenters. The summed E-state index contributed by atoms with van der Waals surface area (Å²) in [6.07, 6.45) is 12.2. The van der Waals surface area contributed by atoms with Gasteiger partial charge in [-0.2, -0.15) is 0 Å². The van der Waals surface area contributed by atoms with E-state index in [4.69, 9.17) is 10.1 Å². The molecule has 2 N–H and O–H groups in total. The molecular weight excluding hydrogens is 300 g/mol. The zero-order chi connectivity index (χ0) is 17.6. The van der Waals surface area contributed by atoms with Crippen LogP contribution < -0.4 is 14.8 Å². The van der Waals surface area contributed by atoms with Crippen molar-refractivity contribution in [2.24, 2.45) is 7.05 Å². The fraction of sp³-hybridized carbons (Fsp3) is 0.789. The highest BCUT2D eigenvalue weighted by Gasteiger charge is 2.15. The Hall–Kier alpha value is -1.36. The lowest BCUT2D eigenvalue weighted by atomic mass is 10.1. The molecule has 0 fully saturated rings.